The van der Waals surface area contributed by atoms with Crippen LogP contribution in [0, 0.1) is 0 Å². The molecule has 1 aromatic heterocycles. The SMILES string of the molecule is CCN(C)C(=O)C(C)Nc1nccc2c(OC)cccc12. The van der Waals surface area contributed by atoms with Crippen molar-refractivity contribution in [1.29, 1.82) is 0 Å². The van der Waals surface area contributed by atoms with E-state index in [1.807, 2.05) is 38.1 Å². The van der Waals surface area contributed by atoms with Gasteiger partial charge in [0.2, 0.25) is 5.91 Å². The highest BCUT2D eigenvalue weighted by molar-refractivity contribution is 5.97. The number of anilines is 1. The van der Waals surface area contributed by atoms with Crippen LogP contribution in [0.15, 0.2) is 30.5 Å². The molecule has 112 valence electrons. The normalized spacial score (nSPS) is 12.0. The van der Waals surface area contributed by atoms with Crippen LogP contribution in [0.25, 0.3) is 10.8 Å². The average Bonchev–Trinajstić information content (AvgIpc) is 2.53. The van der Waals surface area contributed by atoms with Crippen LogP contribution in [0.5, 0.6) is 5.75 Å². The summed E-state index contributed by atoms with van der Waals surface area (Å²) < 4.78 is 5.36. The Labute approximate surface area is 124 Å². The van der Waals surface area contributed by atoms with Crippen LogP contribution in [0.1, 0.15) is 13.8 Å². The van der Waals surface area contributed by atoms with Crippen LogP contribution in [-0.4, -0.2) is 42.5 Å². The van der Waals surface area contributed by atoms with E-state index in [0.29, 0.717) is 12.4 Å². The number of rotatable bonds is 5. The molecule has 1 N–H and O–H groups in total. The second-order valence-corrected chi connectivity index (χ2v) is 4.93. The standard InChI is InChI=1S/C16H21N3O2/c1-5-19(3)16(20)11(2)18-15-13-7-6-8-14(21-4)12(13)9-10-17-15/h6-11H,5H2,1-4H3,(H,17,18). The van der Waals surface area contributed by atoms with Gasteiger partial charge in [-0.2, -0.15) is 0 Å². The summed E-state index contributed by atoms with van der Waals surface area (Å²) in [5.74, 6) is 1.53. The van der Waals surface area contributed by atoms with Crippen molar-refractivity contribution in [3.8, 4) is 5.75 Å². The highest BCUT2D eigenvalue weighted by atomic mass is 16.5. The summed E-state index contributed by atoms with van der Waals surface area (Å²) in [6.07, 6.45) is 1.72. The van der Waals surface area contributed by atoms with Gasteiger partial charge in [-0.1, -0.05) is 12.1 Å². The van der Waals surface area contributed by atoms with Gasteiger partial charge in [0.25, 0.3) is 0 Å². The maximum atomic E-state index is 12.1. The first-order valence-corrected chi connectivity index (χ1v) is 7.01. The number of pyridine rings is 1. The molecular weight excluding hydrogens is 266 g/mol. The van der Waals surface area contributed by atoms with Gasteiger partial charge in [0, 0.05) is 30.6 Å². The second-order valence-electron chi connectivity index (χ2n) is 4.93. The number of carbonyl (C=O) groups is 1. The first-order valence-electron chi connectivity index (χ1n) is 7.01. The molecule has 0 radical (unpaired) electrons. The van der Waals surface area contributed by atoms with E-state index in [4.69, 9.17) is 4.74 Å². The minimum Gasteiger partial charge on any atom is -0.496 e. The summed E-state index contributed by atoms with van der Waals surface area (Å²) in [4.78, 5) is 18.2. The number of nitrogens with zero attached hydrogens (tertiary/aromatic N) is 2. The molecule has 0 saturated heterocycles. The van der Waals surface area contributed by atoms with Gasteiger partial charge in [-0.05, 0) is 26.0 Å². The largest absolute Gasteiger partial charge is 0.496 e. The molecule has 21 heavy (non-hydrogen) atoms. The van der Waals surface area contributed by atoms with Crippen molar-refractivity contribution in [3.63, 3.8) is 0 Å². The zero-order valence-electron chi connectivity index (χ0n) is 12.9. The average molecular weight is 287 g/mol. The number of hydrogen-bond acceptors (Lipinski definition) is 4. The minimum absolute atomic E-state index is 0.0409. The fraction of sp³-hybridized carbons (Fsp3) is 0.375. The van der Waals surface area contributed by atoms with E-state index < -0.39 is 0 Å². The van der Waals surface area contributed by atoms with Crippen molar-refractivity contribution < 1.29 is 9.53 Å². The van der Waals surface area contributed by atoms with Gasteiger partial charge in [0.1, 0.15) is 17.6 Å². The number of benzene rings is 1. The lowest BCUT2D eigenvalue weighted by atomic mass is 10.1. The molecule has 0 fully saturated rings. The van der Waals surface area contributed by atoms with E-state index in [1.165, 1.54) is 0 Å². The smallest absolute Gasteiger partial charge is 0.244 e. The predicted octanol–water partition coefficient (Wildman–Crippen LogP) is 2.52. The van der Waals surface area contributed by atoms with Gasteiger partial charge in [-0.3, -0.25) is 4.79 Å². The minimum atomic E-state index is -0.334. The summed E-state index contributed by atoms with van der Waals surface area (Å²) in [7, 11) is 3.44. The molecule has 2 rings (SSSR count). The molecule has 5 heteroatoms. The maximum absolute atomic E-state index is 12.1. The number of methoxy groups -OCH3 is 1. The lowest BCUT2D eigenvalue weighted by Crippen LogP contribution is -2.39. The molecule has 5 nitrogen and oxygen atoms in total. The fourth-order valence-electron chi connectivity index (χ4n) is 2.22. The maximum Gasteiger partial charge on any atom is 0.244 e. The molecule has 1 amide bonds. The summed E-state index contributed by atoms with van der Waals surface area (Å²) in [5.41, 5.74) is 0. The molecule has 0 saturated carbocycles. The number of likely N-dealkylation sites (N-methyl/N-ethyl adjacent to an activating group) is 1. The van der Waals surface area contributed by atoms with Crippen LogP contribution in [0.4, 0.5) is 5.82 Å². The van der Waals surface area contributed by atoms with E-state index in [-0.39, 0.29) is 11.9 Å². The summed E-state index contributed by atoms with van der Waals surface area (Å²) in [6, 6.07) is 7.36. The zero-order valence-corrected chi connectivity index (χ0v) is 12.9. The van der Waals surface area contributed by atoms with Crippen LogP contribution >= 0.6 is 0 Å². The summed E-state index contributed by atoms with van der Waals surface area (Å²) in [5, 5.41) is 5.11. The zero-order chi connectivity index (χ0) is 15.4. The molecule has 1 unspecified atom stereocenters. The van der Waals surface area contributed by atoms with Gasteiger partial charge < -0.3 is 15.0 Å². The van der Waals surface area contributed by atoms with Crippen LogP contribution in [0.3, 0.4) is 0 Å². The number of aromatic nitrogens is 1. The van der Waals surface area contributed by atoms with Gasteiger partial charge in [-0.15, -0.1) is 0 Å². The van der Waals surface area contributed by atoms with Crippen LogP contribution < -0.4 is 10.1 Å². The fourth-order valence-corrected chi connectivity index (χ4v) is 2.22. The van der Waals surface area contributed by atoms with Crippen molar-refractivity contribution in [2.24, 2.45) is 0 Å². The van der Waals surface area contributed by atoms with Crippen molar-refractivity contribution in [2.75, 3.05) is 26.0 Å². The molecule has 1 atom stereocenters. The Morgan fingerprint density at radius 2 is 2.14 bits per heavy atom. The molecular formula is C16H21N3O2. The summed E-state index contributed by atoms with van der Waals surface area (Å²) in [6.45, 7) is 4.47. The topological polar surface area (TPSA) is 54.5 Å². The Hall–Kier alpha value is -2.30. The van der Waals surface area contributed by atoms with E-state index in [1.54, 1.807) is 25.3 Å². The Balaban J connectivity index is 2.33. The number of amides is 1. The Kier molecular flexibility index (Phi) is 4.62. The third-order valence-electron chi connectivity index (χ3n) is 3.56. The molecule has 0 aliphatic rings. The quantitative estimate of drug-likeness (QED) is 0.918. The highest BCUT2D eigenvalue weighted by Gasteiger charge is 2.17. The number of fused-ring (bicyclic) bond motifs is 1. The molecule has 0 aliphatic carbocycles. The molecule has 0 bridgehead atoms. The highest BCUT2D eigenvalue weighted by Crippen LogP contribution is 2.29. The number of carbonyl (C=O) groups excluding carboxylic acids is 1. The monoisotopic (exact) mass is 287 g/mol. The summed E-state index contributed by atoms with van der Waals surface area (Å²) >= 11 is 0. The Morgan fingerprint density at radius 3 is 2.81 bits per heavy atom. The van der Waals surface area contributed by atoms with Crippen molar-refractivity contribution in [3.05, 3.63) is 30.5 Å². The van der Waals surface area contributed by atoms with E-state index >= 15 is 0 Å². The van der Waals surface area contributed by atoms with Gasteiger partial charge in [-0.25, -0.2) is 4.98 Å². The lowest BCUT2D eigenvalue weighted by molar-refractivity contribution is -0.130. The molecule has 2 aromatic rings. The second kappa shape index (κ2) is 6.43. The lowest BCUT2D eigenvalue weighted by Gasteiger charge is -2.21. The van der Waals surface area contributed by atoms with E-state index in [2.05, 4.69) is 10.3 Å². The Bertz CT molecular complexity index is 642. The number of nitrogens with one attached hydrogen (secondary N) is 1. The van der Waals surface area contributed by atoms with Gasteiger partial charge in [0.05, 0.1) is 7.11 Å². The third kappa shape index (κ3) is 3.07. The first-order chi connectivity index (χ1) is 10.1. The van der Waals surface area contributed by atoms with Crippen LogP contribution in [0.2, 0.25) is 0 Å². The molecule has 0 aliphatic heterocycles. The van der Waals surface area contributed by atoms with Crippen LogP contribution in [-0.2, 0) is 4.79 Å². The third-order valence-corrected chi connectivity index (χ3v) is 3.56. The number of hydrogen-bond donors (Lipinski definition) is 1. The molecule has 1 aromatic carbocycles. The Morgan fingerprint density at radius 1 is 1.38 bits per heavy atom. The van der Waals surface area contributed by atoms with Gasteiger partial charge in [0.15, 0.2) is 0 Å². The van der Waals surface area contributed by atoms with E-state index in [9.17, 15) is 4.79 Å². The molecule has 1 heterocycles. The van der Waals surface area contributed by atoms with Crippen molar-refractivity contribution in [1.82, 2.24) is 9.88 Å². The predicted molar refractivity (Wildman–Crippen MR) is 84.7 cm³/mol. The van der Waals surface area contributed by atoms with E-state index in [0.717, 1.165) is 16.5 Å². The molecule has 0 spiro atoms. The van der Waals surface area contributed by atoms with Crippen molar-refractivity contribution in [2.45, 2.75) is 19.9 Å². The van der Waals surface area contributed by atoms with Gasteiger partial charge >= 0.3 is 0 Å². The first kappa shape index (κ1) is 15.1. The number of ether oxygens (including phenoxy) is 1. The van der Waals surface area contributed by atoms with Crippen molar-refractivity contribution >= 4 is 22.5 Å².